The summed E-state index contributed by atoms with van der Waals surface area (Å²) in [6, 6.07) is 3.23. The van der Waals surface area contributed by atoms with Crippen molar-refractivity contribution >= 4 is 17.5 Å². The van der Waals surface area contributed by atoms with Crippen molar-refractivity contribution in [2.45, 2.75) is 43.0 Å². The molecular weight excluding hydrogens is 398 g/mol. The molecule has 2 fully saturated rings. The van der Waals surface area contributed by atoms with Gasteiger partial charge in [-0.05, 0) is 12.1 Å². The minimum absolute atomic E-state index is 0.222. The van der Waals surface area contributed by atoms with E-state index in [0.717, 1.165) is 0 Å². The fourth-order valence-corrected chi connectivity index (χ4v) is 3.59. The molecule has 2 aliphatic rings. The van der Waals surface area contributed by atoms with E-state index in [0.29, 0.717) is 37.3 Å². The number of aliphatic hydroxyl groups excluding tert-OH is 2. The summed E-state index contributed by atoms with van der Waals surface area (Å²) in [4.78, 5) is 19.2. The van der Waals surface area contributed by atoms with E-state index in [-0.39, 0.29) is 11.9 Å². The van der Waals surface area contributed by atoms with Crippen LogP contribution in [0.4, 0.5) is 10.6 Å². The van der Waals surface area contributed by atoms with Crippen LogP contribution in [-0.4, -0.2) is 74.8 Å². The zero-order chi connectivity index (χ0) is 21.3. The van der Waals surface area contributed by atoms with Gasteiger partial charge in [0.25, 0.3) is 0 Å². The Morgan fingerprint density at radius 2 is 2.17 bits per heavy atom. The van der Waals surface area contributed by atoms with Crippen molar-refractivity contribution in [2.24, 2.45) is 0 Å². The van der Waals surface area contributed by atoms with Gasteiger partial charge >= 0.3 is 11.9 Å². The maximum atomic E-state index is 12.0. The summed E-state index contributed by atoms with van der Waals surface area (Å²) < 4.78 is 22.6. The van der Waals surface area contributed by atoms with E-state index in [1.807, 2.05) is 0 Å². The summed E-state index contributed by atoms with van der Waals surface area (Å²) in [6.45, 7) is 7.86. The van der Waals surface area contributed by atoms with Gasteiger partial charge in [0.05, 0.1) is 18.9 Å². The highest BCUT2D eigenvalue weighted by molar-refractivity contribution is 5.65. The Morgan fingerprint density at radius 1 is 1.40 bits per heavy atom. The number of fused-ring (bicyclic) bond motifs is 1. The SMILES string of the molecule is [C-]#[N+][C@]1(COC(=O)OC2CCOCC2)O[C@@H](c2ccc3c(N)ncnn23)[C@H](O)[C@@H]1O. The average Bonchev–Trinajstić information content (AvgIpc) is 3.29. The van der Waals surface area contributed by atoms with Gasteiger partial charge in [-0.2, -0.15) is 5.10 Å². The zero-order valence-corrected chi connectivity index (χ0v) is 15.9. The summed E-state index contributed by atoms with van der Waals surface area (Å²) in [6.07, 6.45) is -3.19. The number of hydrogen-bond acceptors (Lipinski definition) is 10. The predicted molar refractivity (Wildman–Crippen MR) is 98.8 cm³/mol. The van der Waals surface area contributed by atoms with Crippen LogP contribution >= 0.6 is 0 Å². The molecule has 2 aliphatic heterocycles. The van der Waals surface area contributed by atoms with Crippen LogP contribution in [-0.2, 0) is 18.9 Å². The molecule has 4 N–H and O–H groups in total. The molecule has 160 valence electrons. The smallest absolute Gasteiger partial charge is 0.431 e. The van der Waals surface area contributed by atoms with Crippen molar-refractivity contribution in [1.82, 2.24) is 14.6 Å². The minimum Gasteiger partial charge on any atom is -0.431 e. The molecule has 4 rings (SSSR count). The third-order valence-electron chi connectivity index (χ3n) is 5.25. The van der Waals surface area contributed by atoms with Gasteiger partial charge in [-0.3, -0.25) is 9.58 Å². The van der Waals surface area contributed by atoms with Crippen LogP contribution in [0, 0.1) is 6.57 Å². The highest BCUT2D eigenvalue weighted by Gasteiger charge is 2.62. The predicted octanol–water partition coefficient (Wildman–Crippen LogP) is 0.0524. The first-order chi connectivity index (χ1) is 14.4. The van der Waals surface area contributed by atoms with Gasteiger partial charge in [0.15, 0.2) is 11.9 Å². The lowest BCUT2D eigenvalue weighted by atomic mass is 10.0. The molecule has 12 heteroatoms. The lowest BCUT2D eigenvalue weighted by Crippen LogP contribution is -2.45. The van der Waals surface area contributed by atoms with Crippen molar-refractivity contribution in [1.29, 1.82) is 0 Å². The van der Waals surface area contributed by atoms with E-state index in [4.69, 9.17) is 31.3 Å². The molecule has 0 radical (unpaired) electrons. The standard InChI is InChI=1S/C18H21N5O7/c1-20-18(8-28-17(26)29-10-4-6-27-7-5-10)15(25)13(24)14(30-18)11-2-3-12-16(19)21-9-22-23(11)12/h2-3,9-10,13-15,24-25H,4-8H2,(H2,19,21,22)/t13-,14-,15-,18+/m0/s1. The third-order valence-corrected chi connectivity index (χ3v) is 5.25. The Labute approximate surface area is 170 Å². The van der Waals surface area contributed by atoms with Crippen LogP contribution in [0.25, 0.3) is 10.4 Å². The van der Waals surface area contributed by atoms with Crippen molar-refractivity contribution in [2.75, 3.05) is 25.6 Å². The zero-order valence-electron chi connectivity index (χ0n) is 15.9. The maximum Gasteiger partial charge on any atom is 0.508 e. The molecule has 0 spiro atoms. The van der Waals surface area contributed by atoms with Crippen LogP contribution < -0.4 is 5.73 Å². The Hall–Kier alpha value is -2.98. The van der Waals surface area contributed by atoms with E-state index >= 15 is 0 Å². The van der Waals surface area contributed by atoms with Gasteiger partial charge in [-0.25, -0.2) is 20.9 Å². The first kappa shape index (κ1) is 20.3. The summed E-state index contributed by atoms with van der Waals surface area (Å²) >= 11 is 0. The molecule has 0 aliphatic carbocycles. The van der Waals surface area contributed by atoms with Crippen LogP contribution in [0.3, 0.4) is 0 Å². The summed E-state index contributed by atoms with van der Waals surface area (Å²) in [5, 5.41) is 25.2. The summed E-state index contributed by atoms with van der Waals surface area (Å²) in [5.41, 5.74) is 4.66. The third kappa shape index (κ3) is 3.52. The number of nitrogens with two attached hydrogens (primary N) is 1. The van der Waals surface area contributed by atoms with Crippen LogP contribution in [0.15, 0.2) is 18.5 Å². The minimum atomic E-state index is -2.00. The number of carbonyl (C=O) groups is 1. The lowest BCUT2D eigenvalue weighted by Gasteiger charge is -2.23. The molecule has 0 unspecified atom stereocenters. The molecule has 0 amide bonds. The molecule has 0 saturated carbocycles. The number of nitrogens with zero attached hydrogens (tertiary/aromatic N) is 4. The van der Waals surface area contributed by atoms with Crippen molar-refractivity contribution in [3.8, 4) is 0 Å². The Balaban J connectivity index is 1.49. The quantitative estimate of drug-likeness (QED) is 0.457. The van der Waals surface area contributed by atoms with E-state index in [1.165, 1.54) is 10.8 Å². The second kappa shape index (κ2) is 8.04. The van der Waals surface area contributed by atoms with Gasteiger partial charge in [0, 0.05) is 12.8 Å². The second-order valence-corrected chi connectivity index (χ2v) is 7.10. The molecule has 30 heavy (non-hydrogen) atoms. The van der Waals surface area contributed by atoms with Gasteiger partial charge in [-0.15, -0.1) is 0 Å². The van der Waals surface area contributed by atoms with E-state index in [1.54, 1.807) is 12.1 Å². The highest BCUT2D eigenvalue weighted by atomic mass is 16.7. The number of nitrogen functional groups attached to an aromatic ring is 1. The van der Waals surface area contributed by atoms with Gasteiger partial charge in [0.2, 0.25) is 6.61 Å². The fourth-order valence-electron chi connectivity index (χ4n) is 3.59. The fraction of sp³-hybridized carbons (Fsp3) is 0.556. The number of aliphatic hydroxyl groups is 2. The Kier molecular flexibility index (Phi) is 5.44. The Bertz CT molecular complexity index is 969. The van der Waals surface area contributed by atoms with E-state index in [2.05, 4.69) is 14.9 Å². The molecule has 4 atom stereocenters. The van der Waals surface area contributed by atoms with E-state index < -0.39 is 36.8 Å². The van der Waals surface area contributed by atoms with Crippen LogP contribution in [0.5, 0.6) is 0 Å². The van der Waals surface area contributed by atoms with Gasteiger partial charge in [0.1, 0.15) is 30.2 Å². The number of rotatable bonds is 4. The van der Waals surface area contributed by atoms with Gasteiger partial charge in [-0.1, -0.05) is 0 Å². The first-order valence-corrected chi connectivity index (χ1v) is 9.37. The number of anilines is 1. The van der Waals surface area contributed by atoms with Crippen molar-refractivity contribution in [3.05, 3.63) is 35.6 Å². The average molecular weight is 419 g/mol. The maximum absolute atomic E-state index is 12.0. The normalized spacial score (nSPS) is 29.6. The second-order valence-electron chi connectivity index (χ2n) is 7.10. The highest BCUT2D eigenvalue weighted by Crippen LogP contribution is 2.42. The summed E-state index contributed by atoms with van der Waals surface area (Å²) in [5.74, 6) is 0.222. The lowest BCUT2D eigenvalue weighted by molar-refractivity contribution is -0.0989. The number of hydrogen-bond donors (Lipinski definition) is 3. The largest absolute Gasteiger partial charge is 0.508 e. The first-order valence-electron chi connectivity index (χ1n) is 9.37. The van der Waals surface area contributed by atoms with Gasteiger partial charge < -0.3 is 30.2 Å². The molecule has 0 aromatic carbocycles. The molecular formula is C18H21N5O7. The van der Waals surface area contributed by atoms with Crippen LogP contribution in [0.2, 0.25) is 0 Å². The summed E-state index contributed by atoms with van der Waals surface area (Å²) in [7, 11) is 0. The molecule has 2 saturated heterocycles. The van der Waals surface area contributed by atoms with E-state index in [9.17, 15) is 15.0 Å². The number of ether oxygens (including phenoxy) is 4. The molecule has 12 nitrogen and oxygen atoms in total. The topological polar surface area (TPSA) is 155 Å². The number of aromatic nitrogens is 3. The molecule has 0 bridgehead atoms. The number of carbonyl (C=O) groups excluding carboxylic acids is 1. The van der Waals surface area contributed by atoms with Crippen LogP contribution in [0.1, 0.15) is 24.6 Å². The monoisotopic (exact) mass is 419 g/mol. The Morgan fingerprint density at radius 3 is 2.90 bits per heavy atom. The molecule has 4 heterocycles. The molecule has 2 aromatic heterocycles. The molecule has 2 aromatic rings. The van der Waals surface area contributed by atoms with Crippen molar-refractivity contribution in [3.63, 3.8) is 0 Å². The van der Waals surface area contributed by atoms with Crippen molar-refractivity contribution < 1.29 is 34.0 Å².